The number of amides is 1. The van der Waals surface area contributed by atoms with E-state index < -0.39 is 0 Å². The minimum atomic E-state index is -0.109. The van der Waals surface area contributed by atoms with Crippen LogP contribution in [0.15, 0.2) is 11.8 Å². The smallest absolute Gasteiger partial charge is 0.286 e. The molecule has 2 N–H and O–H groups in total. The molecule has 0 aliphatic carbocycles. The summed E-state index contributed by atoms with van der Waals surface area (Å²) >= 11 is 0. The molecule has 4 heteroatoms. The molecule has 0 bridgehead atoms. The zero-order valence-corrected chi connectivity index (χ0v) is 7.22. The van der Waals surface area contributed by atoms with Crippen molar-refractivity contribution in [3.05, 3.63) is 11.8 Å². The van der Waals surface area contributed by atoms with E-state index >= 15 is 0 Å². The highest BCUT2D eigenvalue weighted by atomic mass is 16.5. The third kappa shape index (κ3) is 2.54. The number of likely N-dealkylation sites (N-methyl/N-ethyl adjacent to an activating group) is 1. The Morgan fingerprint density at radius 3 is 3.08 bits per heavy atom. The highest BCUT2D eigenvalue weighted by Gasteiger charge is 2.13. The van der Waals surface area contributed by atoms with Crippen LogP contribution >= 0.6 is 0 Å². The van der Waals surface area contributed by atoms with Crippen LogP contribution in [0.3, 0.4) is 0 Å². The number of nitrogens with one attached hydrogen (secondary N) is 2. The Bertz CT molecular complexity index is 189. The van der Waals surface area contributed by atoms with Gasteiger partial charge in [0.05, 0.1) is 6.61 Å². The zero-order chi connectivity index (χ0) is 8.81. The first-order valence-corrected chi connectivity index (χ1v) is 4.10. The quantitative estimate of drug-likeness (QED) is 0.566. The second kappa shape index (κ2) is 4.77. The molecule has 68 valence electrons. The molecule has 1 aliphatic heterocycles. The number of carbonyl (C=O) groups excluding carboxylic acids is 1. The van der Waals surface area contributed by atoms with Gasteiger partial charge in [0.15, 0.2) is 5.76 Å². The molecular formula is C8H14N2O2. The first-order chi connectivity index (χ1) is 5.84. The van der Waals surface area contributed by atoms with E-state index in [1.54, 1.807) is 0 Å². The summed E-state index contributed by atoms with van der Waals surface area (Å²) in [6, 6.07) is 0. The molecule has 0 fully saturated rings. The summed E-state index contributed by atoms with van der Waals surface area (Å²) in [5, 5.41) is 5.67. The van der Waals surface area contributed by atoms with Crippen LogP contribution in [0.4, 0.5) is 0 Å². The average Bonchev–Trinajstić information content (AvgIpc) is 2.56. The molecule has 1 amide bonds. The van der Waals surface area contributed by atoms with E-state index in [2.05, 4.69) is 10.6 Å². The van der Waals surface area contributed by atoms with Gasteiger partial charge < -0.3 is 15.4 Å². The van der Waals surface area contributed by atoms with Gasteiger partial charge in [-0.2, -0.15) is 0 Å². The van der Waals surface area contributed by atoms with Crippen molar-refractivity contribution in [1.82, 2.24) is 10.6 Å². The Balaban J connectivity index is 2.19. The van der Waals surface area contributed by atoms with Crippen molar-refractivity contribution in [2.45, 2.75) is 6.42 Å². The number of hydrogen-bond donors (Lipinski definition) is 2. The largest absolute Gasteiger partial charge is 0.488 e. The first kappa shape index (κ1) is 9.06. The van der Waals surface area contributed by atoms with Crippen LogP contribution in [0, 0.1) is 0 Å². The molecule has 0 aromatic rings. The Morgan fingerprint density at radius 2 is 2.50 bits per heavy atom. The van der Waals surface area contributed by atoms with E-state index in [1.807, 2.05) is 13.1 Å². The summed E-state index contributed by atoms with van der Waals surface area (Å²) in [5.41, 5.74) is 0. The van der Waals surface area contributed by atoms with Crippen LogP contribution in [0.5, 0.6) is 0 Å². The molecule has 0 aromatic carbocycles. The molecule has 0 unspecified atom stereocenters. The van der Waals surface area contributed by atoms with Gasteiger partial charge in [0.25, 0.3) is 5.91 Å². The molecule has 1 rings (SSSR count). The van der Waals surface area contributed by atoms with Crippen LogP contribution in [0.1, 0.15) is 6.42 Å². The maximum Gasteiger partial charge on any atom is 0.286 e. The minimum Gasteiger partial charge on any atom is -0.488 e. The van der Waals surface area contributed by atoms with Crippen molar-refractivity contribution in [2.24, 2.45) is 0 Å². The Morgan fingerprint density at radius 1 is 1.67 bits per heavy atom. The van der Waals surface area contributed by atoms with Gasteiger partial charge in [-0.25, -0.2) is 0 Å². The fraction of sp³-hybridized carbons (Fsp3) is 0.625. The molecule has 0 saturated heterocycles. The summed E-state index contributed by atoms with van der Waals surface area (Å²) in [5.74, 6) is 0.355. The molecule has 0 spiro atoms. The maximum absolute atomic E-state index is 11.2. The van der Waals surface area contributed by atoms with Crippen molar-refractivity contribution >= 4 is 5.91 Å². The lowest BCUT2D eigenvalue weighted by atomic mass is 10.4. The van der Waals surface area contributed by atoms with Gasteiger partial charge in [0, 0.05) is 19.5 Å². The second-order valence-electron chi connectivity index (χ2n) is 2.56. The lowest BCUT2D eigenvalue weighted by Crippen LogP contribution is -2.31. The third-order valence-electron chi connectivity index (χ3n) is 1.59. The molecule has 4 nitrogen and oxygen atoms in total. The van der Waals surface area contributed by atoms with Crippen molar-refractivity contribution < 1.29 is 9.53 Å². The predicted octanol–water partition coefficient (Wildman–Crippen LogP) is -0.374. The molecule has 12 heavy (non-hydrogen) atoms. The SMILES string of the molecule is CNCCNC(=O)C1=CCCO1. The van der Waals surface area contributed by atoms with Crippen molar-refractivity contribution in [3.8, 4) is 0 Å². The van der Waals surface area contributed by atoms with E-state index in [-0.39, 0.29) is 5.91 Å². The highest BCUT2D eigenvalue weighted by molar-refractivity contribution is 5.91. The molecule has 1 heterocycles. The normalized spacial score (nSPS) is 15.2. The van der Waals surface area contributed by atoms with Gasteiger partial charge in [-0.3, -0.25) is 4.79 Å². The molecule has 0 atom stereocenters. The minimum absolute atomic E-state index is 0.109. The summed E-state index contributed by atoms with van der Waals surface area (Å²) in [7, 11) is 1.84. The van der Waals surface area contributed by atoms with Crippen LogP contribution in [-0.4, -0.2) is 32.7 Å². The Labute approximate surface area is 72.0 Å². The van der Waals surface area contributed by atoms with Gasteiger partial charge in [-0.15, -0.1) is 0 Å². The second-order valence-corrected chi connectivity index (χ2v) is 2.56. The van der Waals surface area contributed by atoms with Gasteiger partial charge >= 0.3 is 0 Å². The number of hydrogen-bond acceptors (Lipinski definition) is 3. The third-order valence-corrected chi connectivity index (χ3v) is 1.59. The predicted molar refractivity (Wildman–Crippen MR) is 45.6 cm³/mol. The summed E-state index contributed by atoms with van der Waals surface area (Å²) < 4.78 is 5.07. The first-order valence-electron chi connectivity index (χ1n) is 4.10. The highest BCUT2D eigenvalue weighted by Crippen LogP contribution is 2.07. The van der Waals surface area contributed by atoms with E-state index in [9.17, 15) is 4.79 Å². The summed E-state index contributed by atoms with van der Waals surface area (Å²) in [6.45, 7) is 2.05. The van der Waals surface area contributed by atoms with Gasteiger partial charge in [-0.05, 0) is 13.1 Å². The lowest BCUT2D eigenvalue weighted by Gasteiger charge is -2.04. The molecule has 0 aromatic heterocycles. The number of ether oxygens (including phenoxy) is 1. The van der Waals surface area contributed by atoms with Gasteiger partial charge in [0.2, 0.25) is 0 Å². The molecule has 0 saturated carbocycles. The lowest BCUT2D eigenvalue weighted by molar-refractivity contribution is -0.120. The van der Waals surface area contributed by atoms with E-state index in [4.69, 9.17) is 4.74 Å². The molecule has 1 aliphatic rings. The standard InChI is InChI=1S/C8H14N2O2/c1-9-4-5-10-8(11)7-3-2-6-12-7/h3,9H,2,4-6H2,1H3,(H,10,11). The number of rotatable bonds is 4. The van der Waals surface area contributed by atoms with Crippen LogP contribution in [0.2, 0.25) is 0 Å². The van der Waals surface area contributed by atoms with Crippen molar-refractivity contribution in [3.63, 3.8) is 0 Å². The monoisotopic (exact) mass is 170 g/mol. The Kier molecular flexibility index (Phi) is 3.60. The topological polar surface area (TPSA) is 50.4 Å². The fourth-order valence-corrected chi connectivity index (χ4v) is 0.964. The summed E-state index contributed by atoms with van der Waals surface area (Å²) in [6.07, 6.45) is 2.66. The van der Waals surface area contributed by atoms with Crippen LogP contribution in [0.25, 0.3) is 0 Å². The van der Waals surface area contributed by atoms with Gasteiger partial charge in [0.1, 0.15) is 0 Å². The molecule has 0 radical (unpaired) electrons. The van der Waals surface area contributed by atoms with Crippen molar-refractivity contribution in [1.29, 1.82) is 0 Å². The van der Waals surface area contributed by atoms with E-state index in [0.29, 0.717) is 18.9 Å². The Hall–Kier alpha value is -1.03. The van der Waals surface area contributed by atoms with E-state index in [0.717, 1.165) is 13.0 Å². The van der Waals surface area contributed by atoms with Crippen LogP contribution in [-0.2, 0) is 9.53 Å². The van der Waals surface area contributed by atoms with Crippen molar-refractivity contribution in [2.75, 3.05) is 26.7 Å². The van der Waals surface area contributed by atoms with Gasteiger partial charge in [-0.1, -0.05) is 0 Å². The fourth-order valence-electron chi connectivity index (χ4n) is 0.964. The van der Waals surface area contributed by atoms with Crippen LogP contribution < -0.4 is 10.6 Å². The van der Waals surface area contributed by atoms with E-state index in [1.165, 1.54) is 0 Å². The zero-order valence-electron chi connectivity index (χ0n) is 7.22. The average molecular weight is 170 g/mol. The number of carbonyl (C=O) groups is 1. The molecular weight excluding hydrogens is 156 g/mol. The summed E-state index contributed by atoms with van der Waals surface area (Å²) in [4.78, 5) is 11.2. The maximum atomic E-state index is 11.2.